The second kappa shape index (κ2) is 5.87. The van der Waals surface area contributed by atoms with Crippen molar-refractivity contribution in [2.75, 3.05) is 0 Å². The quantitative estimate of drug-likeness (QED) is 0.610. The number of rotatable bonds is 2. The molecule has 0 aliphatic heterocycles. The van der Waals surface area contributed by atoms with Gasteiger partial charge in [-0.1, -0.05) is 0 Å². The van der Waals surface area contributed by atoms with E-state index in [9.17, 15) is 0 Å². The van der Waals surface area contributed by atoms with Crippen LogP contribution in [-0.4, -0.2) is 33.0 Å². The smallest absolute Gasteiger partial charge is 1.00 e. The van der Waals surface area contributed by atoms with Gasteiger partial charge in [0.25, 0.3) is 0 Å². The van der Waals surface area contributed by atoms with Crippen molar-refractivity contribution >= 4 is 33.0 Å². The number of hydrogen-bond acceptors (Lipinski definition) is 0. The fraction of sp³-hybridized carbons (Fsp3) is 0.500. The van der Waals surface area contributed by atoms with Gasteiger partial charge in [-0.15, -0.1) is 0 Å². The normalized spacial score (nSPS) is 28.3. The maximum Gasteiger partial charge on any atom is -1.00 e. The van der Waals surface area contributed by atoms with Crippen molar-refractivity contribution in [2.24, 2.45) is 11.8 Å². The molecule has 0 aromatic rings. The Hall–Kier alpha value is 0.760. The monoisotopic (exact) mass is 416 g/mol. The molecule has 2 unspecified atom stereocenters. The molecular weight excluding hydrogens is 385 g/mol. The predicted molar refractivity (Wildman–Crippen MR) is 91.2 cm³/mol. The van der Waals surface area contributed by atoms with Gasteiger partial charge in [-0.2, -0.15) is 0 Å². The van der Waals surface area contributed by atoms with E-state index in [1.165, 1.54) is 0 Å². The summed E-state index contributed by atoms with van der Waals surface area (Å²) >= 11 is 1.65. The van der Waals surface area contributed by atoms with Crippen LogP contribution < -0.4 is 0 Å². The van der Waals surface area contributed by atoms with E-state index in [0.29, 0.717) is 0 Å². The molecule has 0 aromatic heterocycles. The van der Waals surface area contributed by atoms with Crippen LogP contribution in [0.25, 0.3) is 0 Å². The van der Waals surface area contributed by atoms with Crippen LogP contribution in [0.2, 0.25) is 0 Å². The van der Waals surface area contributed by atoms with Crippen molar-refractivity contribution in [2.45, 2.75) is 41.5 Å². The van der Waals surface area contributed by atoms with Gasteiger partial charge >= 0.3 is 144 Å². The van der Waals surface area contributed by atoms with Gasteiger partial charge in [0.05, 0.1) is 0 Å². The molecule has 0 aromatic carbocycles. The summed E-state index contributed by atoms with van der Waals surface area (Å²) in [4.78, 5) is 0. The Labute approximate surface area is 146 Å². The number of hydrogen-bond donors (Lipinski definition) is 0. The van der Waals surface area contributed by atoms with Gasteiger partial charge in [0.2, 0.25) is 0 Å². The van der Waals surface area contributed by atoms with Crippen LogP contribution in [0.15, 0.2) is 38.9 Å². The standard InChI is InChI=1S/2C8H13Ge.Ti.2H/c2*1-5-4-8(9)7(3)6(5)2;;;/h2*5H,1-3,9H3;;;/q;;+2;2*-1. The third-order valence-corrected chi connectivity index (χ3v) is 17.6. The molecule has 0 radical (unpaired) electrons. The number of allylic oxidation sites excluding steroid dienone is 8. The molecule has 0 spiro atoms. The molecule has 2 atom stereocenters. The molecule has 0 fully saturated rings. The third-order valence-electron chi connectivity index (χ3n) is 5.55. The zero-order valence-electron chi connectivity index (χ0n) is 15.7. The summed E-state index contributed by atoms with van der Waals surface area (Å²) in [6.07, 6.45) is 0. The predicted octanol–water partition coefficient (Wildman–Crippen LogP) is 2.42. The molecule has 0 heterocycles. The molecule has 3 heteroatoms. The molecular formula is C16H28Ge2Ti. The van der Waals surface area contributed by atoms with Crippen LogP contribution in [-0.2, 0) is 19.2 Å². The first kappa shape index (κ1) is 16.1. The summed E-state index contributed by atoms with van der Waals surface area (Å²) < 4.78 is 7.39. The summed E-state index contributed by atoms with van der Waals surface area (Å²) in [6, 6.07) is 0. The SMILES string of the molecule is CC1=C(C)C(C)[C]([Ti+2][C]2=[C]([GeH3])C(C)=C(C)C2C)=[C]1[GeH3].[H-].[H-]. The topological polar surface area (TPSA) is 0 Å². The van der Waals surface area contributed by atoms with E-state index in [1.54, 1.807) is 31.1 Å². The molecule has 0 saturated heterocycles. The summed E-state index contributed by atoms with van der Waals surface area (Å²) in [5.41, 5.74) is 6.62. The minimum Gasteiger partial charge on any atom is -1.00 e. The van der Waals surface area contributed by atoms with Crippen molar-refractivity contribution in [3.05, 3.63) is 38.9 Å². The summed E-state index contributed by atoms with van der Waals surface area (Å²) in [5.74, 6) is 1.51. The molecule has 2 aliphatic carbocycles. The Morgan fingerprint density at radius 1 is 0.789 bits per heavy atom. The van der Waals surface area contributed by atoms with E-state index < -0.39 is 0 Å². The summed E-state index contributed by atoms with van der Waals surface area (Å²) in [7, 11) is 0. The van der Waals surface area contributed by atoms with Gasteiger partial charge in [-0.25, -0.2) is 0 Å². The third kappa shape index (κ3) is 2.63. The molecule has 0 amide bonds. The first-order chi connectivity index (χ1) is 8.77. The Balaban J connectivity index is 0.00000200. The molecule has 0 saturated carbocycles. The van der Waals surface area contributed by atoms with Gasteiger partial charge in [-0.05, 0) is 0 Å². The zero-order valence-corrected chi connectivity index (χ0v) is 23.6. The summed E-state index contributed by atoms with van der Waals surface area (Å²) in [6.45, 7) is 14.3. The molecule has 19 heavy (non-hydrogen) atoms. The van der Waals surface area contributed by atoms with E-state index in [0.717, 1.165) is 44.9 Å². The fourth-order valence-corrected chi connectivity index (χ4v) is 11.9. The molecule has 2 aliphatic rings. The first-order valence-electron chi connectivity index (χ1n) is 7.31. The summed E-state index contributed by atoms with van der Waals surface area (Å²) in [5, 5.41) is 0. The van der Waals surface area contributed by atoms with E-state index in [2.05, 4.69) is 41.5 Å². The van der Waals surface area contributed by atoms with Crippen LogP contribution in [0.1, 0.15) is 44.4 Å². The Morgan fingerprint density at radius 2 is 1.11 bits per heavy atom. The first-order valence-corrected chi connectivity index (χ1v) is 13.1. The van der Waals surface area contributed by atoms with E-state index in [1.807, 2.05) is 7.76 Å². The average Bonchev–Trinajstić information content (AvgIpc) is 2.68. The Kier molecular flexibility index (Phi) is 4.98. The zero-order chi connectivity index (χ0) is 14.5. The minimum atomic E-state index is -0.0385. The van der Waals surface area contributed by atoms with E-state index >= 15 is 0 Å². The van der Waals surface area contributed by atoms with Crippen LogP contribution >= 0.6 is 0 Å². The Bertz CT molecular complexity index is 521. The van der Waals surface area contributed by atoms with Crippen molar-refractivity contribution in [3.63, 3.8) is 0 Å². The maximum absolute atomic E-state index is 2.44. The van der Waals surface area contributed by atoms with E-state index in [-0.39, 0.29) is 22.0 Å². The maximum atomic E-state index is 2.44. The molecule has 104 valence electrons. The van der Waals surface area contributed by atoms with Gasteiger partial charge in [-0.3, -0.25) is 0 Å². The van der Waals surface area contributed by atoms with Crippen molar-refractivity contribution in [1.82, 2.24) is 0 Å². The molecule has 0 bridgehead atoms. The minimum absolute atomic E-state index is 0. The van der Waals surface area contributed by atoms with Gasteiger partial charge in [0.15, 0.2) is 0 Å². The molecule has 0 N–H and O–H groups in total. The van der Waals surface area contributed by atoms with Gasteiger partial charge in [0.1, 0.15) is 0 Å². The van der Waals surface area contributed by atoms with Gasteiger partial charge in [0, 0.05) is 0 Å². The second-order valence-electron chi connectivity index (χ2n) is 6.26. The van der Waals surface area contributed by atoms with E-state index in [4.69, 9.17) is 0 Å². The van der Waals surface area contributed by atoms with Crippen LogP contribution in [0.5, 0.6) is 0 Å². The van der Waals surface area contributed by atoms with Crippen molar-refractivity contribution in [3.8, 4) is 0 Å². The average molecular weight is 413 g/mol. The largest absolute Gasteiger partial charge is 1.00 e. The fourth-order valence-electron chi connectivity index (χ4n) is 3.28. The molecule has 2 rings (SSSR count). The van der Waals surface area contributed by atoms with Crippen LogP contribution in [0.4, 0.5) is 0 Å². The van der Waals surface area contributed by atoms with Crippen LogP contribution in [0, 0.1) is 11.8 Å². The van der Waals surface area contributed by atoms with Crippen molar-refractivity contribution in [1.29, 1.82) is 0 Å². The molecule has 0 nitrogen and oxygen atoms in total. The Morgan fingerprint density at radius 3 is 1.32 bits per heavy atom. The van der Waals surface area contributed by atoms with Crippen molar-refractivity contribution < 1.29 is 22.0 Å². The second-order valence-corrected chi connectivity index (χ2v) is 12.5. The van der Waals surface area contributed by atoms with Crippen LogP contribution in [0.3, 0.4) is 0 Å². The van der Waals surface area contributed by atoms with Gasteiger partial charge < -0.3 is 2.85 Å².